The van der Waals surface area contributed by atoms with Crippen LogP contribution < -0.4 is 0 Å². The molecule has 4 rings (SSSR count). The zero-order chi connectivity index (χ0) is 25.7. The molecule has 3 atom stereocenters. The minimum absolute atomic E-state index is 0.0418. The summed E-state index contributed by atoms with van der Waals surface area (Å²) in [6, 6.07) is 14.9. The van der Waals surface area contributed by atoms with Crippen LogP contribution in [-0.2, 0) is 30.2 Å². The van der Waals surface area contributed by atoms with E-state index >= 15 is 0 Å². The molecule has 36 heavy (non-hydrogen) atoms. The van der Waals surface area contributed by atoms with Crippen molar-refractivity contribution >= 4 is 5.91 Å². The molecule has 3 unspecified atom stereocenters. The first-order valence-corrected chi connectivity index (χ1v) is 12.6. The molecular weight excluding hydrogens is 458 g/mol. The SMILES string of the molecule is CCOC1OC(C(=O)N(C)CC(OC)OC)=CC(c2cccc3c2Cc2ccccc2-3)C1CCCO. The molecule has 1 aliphatic heterocycles. The first-order valence-electron chi connectivity index (χ1n) is 12.6. The van der Waals surface area contributed by atoms with Gasteiger partial charge in [0.05, 0.1) is 6.54 Å². The van der Waals surface area contributed by atoms with Crippen LogP contribution in [0.2, 0.25) is 0 Å². The van der Waals surface area contributed by atoms with E-state index in [9.17, 15) is 9.90 Å². The van der Waals surface area contributed by atoms with Crippen LogP contribution in [0.25, 0.3) is 11.1 Å². The van der Waals surface area contributed by atoms with E-state index in [0.29, 0.717) is 19.4 Å². The van der Waals surface area contributed by atoms with E-state index in [4.69, 9.17) is 18.9 Å². The number of aliphatic hydroxyl groups excluding tert-OH is 1. The van der Waals surface area contributed by atoms with Gasteiger partial charge in [0, 0.05) is 46.3 Å². The number of aliphatic hydroxyl groups is 1. The Bertz CT molecular complexity index is 1080. The second kappa shape index (κ2) is 12.0. The van der Waals surface area contributed by atoms with E-state index in [-0.39, 0.29) is 36.7 Å². The Kier molecular flexibility index (Phi) is 8.80. The van der Waals surface area contributed by atoms with E-state index in [1.807, 2.05) is 13.0 Å². The number of nitrogens with zero attached hydrogens (tertiary/aromatic N) is 1. The molecule has 2 aliphatic rings. The highest BCUT2D eigenvalue weighted by Crippen LogP contribution is 2.46. The maximum atomic E-state index is 13.5. The van der Waals surface area contributed by atoms with Crippen LogP contribution in [-0.4, -0.2) is 69.5 Å². The standard InChI is InChI=1S/C29H37NO6/c1-5-35-29-23(14-9-15-31)25(17-26(36-29)28(32)30(2)18-27(33-3)34-4)22-13-8-12-21-20-11-7-6-10-19(20)16-24(21)22/h6-8,10-13,17,23,25,27,29,31H,5,9,14-16,18H2,1-4H3. The maximum absolute atomic E-state index is 13.5. The molecule has 2 aromatic rings. The molecule has 1 heterocycles. The van der Waals surface area contributed by atoms with Gasteiger partial charge >= 0.3 is 0 Å². The average Bonchev–Trinajstić information content (AvgIpc) is 3.29. The van der Waals surface area contributed by atoms with Crippen molar-refractivity contribution in [1.29, 1.82) is 0 Å². The van der Waals surface area contributed by atoms with Gasteiger partial charge in [0.1, 0.15) is 0 Å². The minimum Gasteiger partial charge on any atom is -0.459 e. The third-order valence-corrected chi connectivity index (χ3v) is 7.16. The number of methoxy groups -OCH3 is 2. The molecule has 1 aliphatic carbocycles. The van der Waals surface area contributed by atoms with Gasteiger partial charge in [-0.3, -0.25) is 4.79 Å². The Morgan fingerprint density at radius 3 is 2.61 bits per heavy atom. The van der Waals surface area contributed by atoms with Crippen molar-refractivity contribution in [2.75, 3.05) is 41.0 Å². The lowest BCUT2D eigenvalue weighted by atomic mass is 9.78. The number of rotatable bonds is 11. The summed E-state index contributed by atoms with van der Waals surface area (Å²) in [4.78, 5) is 15.0. The number of ether oxygens (including phenoxy) is 4. The van der Waals surface area contributed by atoms with Gasteiger partial charge in [0.25, 0.3) is 5.91 Å². The largest absolute Gasteiger partial charge is 0.459 e. The molecule has 1 amide bonds. The molecule has 1 N–H and O–H groups in total. The van der Waals surface area contributed by atoms with Gasteiger partial charge in [-0.25, -0.2) is 0 Å². The van der Waals surface area contributed by atoms with Crippen LogP contribution in [0.5, 0.6) is 0 Å². The monoisotopic (exact) mass is 495 g/mol. The Labute approximate surface area is 213 Å². The van der Waals surface area contributed by atoms with E-state index in [1.165, 1.54) is 27.8 Å². The van der Waals surface area contributed by atoms with E-state index in [0.717, 1.165) is 6.42 Å². The molecule has 0 radical (unpaired) electrons. The fourth-order valence-electron chi connectivity index (χ4n) is 5.35. The number of carbonyl (C=O) groups is 1. The fourth-order valence-corrected chi connectivity index (χ4v) is 5.35. The van der Waals surface area contributed by atoms with Crippen molar-refractivity contribution in [2.45, 2.75) is 44.7 Å². The second-order valence-corrected chi connectivity index (χ2v) is 9.32. The molecule has 7 heteroatoms. The molecule has 0 fully saturated rings. The first kappa shape index (κ1) is 26.4. The molecule has 0 saturated carbocycles. The zero-order valence-electron chi connectivity index (χ0n) is 21.6. The Balaban J connectivity index is 1.74. The number of carbonyl (C=O) groups excluding carboxylic acids is 1. The smallest absolute Gasteiger partial charge is 0.288 e. The normalized spacial score (nSPS) is 20.5. The number of hydrogen-bond donors (Lipinski definition) is 1. The van der Waals surface area contributed by atoms with Crippen LogP contribution in [0.1, 0.15) is 42.4 Å². The molecule has 0 spiro atoms. The Hall–Kier alpha value is -2.71. The van der Waals surface area contributed by atoms with Gasteiger partial charge in [-0.05, 0) is 60.1 Å². The number of allylic oxidation sites excluding steroid dienone is 1. The maximum Gasteiger partial charge on any atom is 0.288 e. The summed E-state index contributed by atoms with van der Waals surface area (Å²) in [7, 11) is 4.80. The van der Waals surface area contributed by atoms with Gasteiger partial charge in [0.15, 0.2) is 12.0 Å². The molecule has 0 bridgehead atoms. The van der Waals surface area contributed by atoms with Crippen LogP contribution in [0.4, 0.5) is 0 Å². The number of hydrogen-bond acceptors (Lipinski definition) is 6. The molecule has 194 valence electrons. The summed E-state index contributed by atoms with van der Waals surface area (Å²) in [5.74, 6) is -0.125. The van der Waals surface area contributed by atoms with E-state index in [2.05, 4.69) is 42.5 Å². The molecule has 0 saturated heterocycles. The first-order chi connectivity index (χ1) is 17.5. The van der Waals surface area contributed by atoms with Crippen LogP contribution >= 0.6 is 0 Å². The van der Waals surface area contributed by atoms with Crippen molar-refractivity contribution in [3.63, 3.8) is 0 Å². The van der Waals surface area contributed by atoms with Gasteiger partial charge in [-0.2, -0.15) is 0 Å². The third-order valence-electron chi connectivity index (χ3n) is 7.16. The number of likely N-dealkylation sites (N-methyl/N-ethyl adjacent to an activating group) is 1. The highest BCUT2D eigenvalue weighted by atomic mass is 16.7. The lowest BCUT2D eigenvalue weighted by Gasteiger charge is -2.38. The minimum atomic E-state index is -0.593. The van der Waals surface area contributed by atoms with Crippen molar-refractivity contribution in [1.82, 2.24) is 4.90 Å². The summed E-state index contributed by atoms with van der Waals surface area (Å²) in [6.45, 7) is 2.73. The summed E-state index contributed by atoms with van der Waals surface area (Å²) >= 11 is 0. The Morgan fingerprint density at radius 1 is 1.14 bits per heavy atom. The second-order valence-electron chi connectivity index (χ2n) is 9.32. The van der Waals surface area contributed by atoms with Gasteiger partial charge < -0.3 is 29.0 Å². The van der Waals surface area contributed by atoms with Gasteiger partial charge in [0.2, 0.25) is 6.29 Å². The summed E-state index contributed by atoms with van der Waals surface area (Å²) < 4.78 is 22.8. The van der Waals surface area contributed by atoms with E-state index < -0.39 is 12.6 Å². The average molecular weight is 496 g/mol. The predicted octanol–water partition coefficient (Wildman–Crippen LogP) is 4.08. The van der Waals surface area contributed by atoms with Crippen LogP contribution in [0.3, 0.4) is 0 Å². The summed E-state index contributed by atoms with van der Waals surface area (Å²) in [5.41, 5.74) is 6.28. The molecular formula is C29H37NO6. The van der Waals surface area contributed by atoms with Crippen LogP contribution in [0.15, 0.2) is 54.3 Å². The van der Waals surface area contributed by atoms with Gasteiger partial charge in [-0.1, -0.05) is 42.5 Å². The lowest BCUT2D eigenvalue weighted by Crippen LogP contribution is -2.42. The Morgan fingerprint density at radius 2 is 1.89 bits per heavy atom. The molecule has 2 aromatic carbocycles. The van der Waals surface area contributed by atoms with Gasteiger partial charge in [-0.15, -0.1) is 0 Å². The number of benzene rings is 2. The lowest BCUT2D eigenvalue weighted by molar-refractivity contribution is -0.172. The predicted molar refractivity (Wildman–Crippen MR) is 137 cm³/mol. The number of amides is 1. The van der Waals surface area contributed by atoms with Crippen molar-refractivity contribution in [3.05, 3.63) is 71.0 Å². The number of fused-ring (bicyclic) bond motifs is 3. The van der Waals surface area contributed by atoms with Crippen molar-refractivity contribution in [3.8, 4) is 11.1 Å². The van der Waals surface area contributed by atoms with Crippen LogP contribution in [0, 0.1) is 5.92 Å². The van der Waals surface area contributed by atoms with E-state index in [1.54, 1.807) is 26.2 Å². The molecule has 0 aromatic heterocycles. The van der Waals surface area contributed by atoms with Crippen molar-refractivity contribution in [2.24, 2.45) is 5.92 Å². The summed E-state index contributed by atoms with van der Waals surface area (Å²) in [6.07, 6.45) is 3.02. The summed E-state index contributed by atoms with van der Waals surface area (Å²) in [5, 5.41) is 9.61. The fraction of sp³-hybridized carbons (Fsp3) is 0.483. The highest BCUT2D eigenvalue weighted by Gasteiger charge is 2.40. The third kappa shape index (κ3) is 5.34. The highest BCUT2D eigenvalue weighted by molar-refractivity contribution is 5.91. The van der Waals surface area contributed by atoms with Crippen molar-refractivity contribution < 1.29 is 28.8 Å². The quantitative estimate of drug-likeness (QED) is 0.404. The molecule has 7 nitrogen and oxygen atoms in total. The topological polar surface area (TPSA) is 77.5 Å². The zero-order valence-corrected chi connectivity index (χ0v) is 21.6.